The van der Waals surface area contributed by atoms with Crippen LogP contribution < -0.4 is 10.3 Å². The summed E-state index contributed by atoms with van der Waals surface area (Å²) in [7, 11) is -2.19. The Labute approximate surface area is 203 Å². The molecule has 0 atom stereocenters. The van der Waals surface area contributed by atoms with Crippen molar-refractivity contribution in [2.45, 2.75) is 32.2 Å². The molecule has 1 aliphatic rings. The van der Waals surface area contributed by atoms with Crippen LogP contribution in [-0.4, -0.2) is 95.4 Å². The number of hydrogen-bond donors (Lipinski definition) is 1. The van der Waals surface area contributed by atoms with Crippen LogP contribution >= 0.6 is 0 Å². The van der Waals surface area contributed by atoms with Crippen molar-refractivity contribution in [3.05, 3.63) is 28.3 Å². The van der Waals surface area contributed by atoms with Gasteiger partial charge in [-0.05, 0) is 26.5 Å². The molecule has 3 aromatic rings. The number of aromatic nitrogens is 5. The zero-order valence-electron chi connectivity index (χ0n) is 20.4. The van der Waals surface area contributed by atoms with Crippen molar-refractivity contribution in [3.63, 3.8) is 0 Å². The van der Waals surface area contributed by atoms with Crippen molar-refractivity contribution >= 4 is 21.1 Å². The van der Waals surface area contributed by atoms with E-state index in [9.17, 15) is 13.2 Å². The summed E-state index contributed by atoms with van der Waals surface area (Å²) in [6.07, 6.45) is 1.29. The molecular formula is C22H31N7O5S. The molecule has 4 heterocycles. The monoisotopic (exact) mass is 505 g/mol. The number of sulfonamides is 1. The molecule has 0 aromatic carbocycles. The molecule has 1 aliphatic heterocycles. The number of pyridine rings is 1. The quantitative estimate of drug-likeness (QED) is 0.449. The Bertz CT molecular complexity index is 1360. The normalized spacial score (nSPS) is 15.7. The lowest BCUT2D eigenvalue weighted by atomic mass is 10.2. The Kier molecular flexibility index (Phi) is 7.50. The van der Waals surface area contributed by atoms with Crippen LogP contribution in [0, 0.1) is 6.92 Å². The van der Waals surface area contributed by atoms with E-state index in [1.807, 2.05) is 6.92 Å². The second kappa shape index (κ2) is 10.4. The lowest BCUT2D eigenvalue weighted by molar-refractivity contribution is 0.183. The minimum Gasteiger partial charge on any atom is -0.477 e. The number of hydrogen-bond acceptors (Lipinski definition) is 9. The first-order chi connectivity index (χ1) is 16.8. The second-order valence-electron chi connectivity index (χ2n) is 8.21. The van der Waals surface area contributed by atoms with E-state index in [0.29, 0.717) is 62.7 Å². The van der Waals surface area contributed by atoms with Crippen molar-refractivity contribution in [2.24, 2.45) is 0 Å². The van der Waals surface area contributed by atoms with Crippen molar-refractivity contribution in [2.75, 3.05) is 53.0 Å². The number of rotatable bonds is 9. The molecule has 1 N–H and O–H groups in total. The SMILES string of the molecule is CCOc1ncc(S(=O)(=O)N2CCN(CC)CC2)cc1-c1nc2c(C)n(CCOC)nc2c(=O)[nH]1. The Morgan fingerprint density at radius 1 is 1.14 bits per heavy atom. The molecule has 0 unspecified atom stereocenters. The molecular weight excluding hydrogens is 474 g/mol. The van der Waals surface area contributed by atoms with Crippen LogP contribution in [0.5, 0.6) is 5.88 Å². The number of H-pyrrole nitrogens is 1. The van der Waals surface area contributed by atoms with E-state index in [1.54, 1.807) is 18.7 Å². The number of piperazine rings is 1. The number of likely N-dealkylation sites (N-methyl/N-ethyl adjacent to an activating group) is 1. The summed E-state index contributed by atoms with van der Waals surface area (Å²) in [5.41, 5.74) is 1.18. The first-order valence-electron chi connectivity index (χ1n) is 11.6. The summed E-state index contributed by atoms with van der Waals surface area (Å²) in [6, 6.07) is 1.47. The van der Waals surface area contributed by atoms with E-state index >= 15 is 0 Å². The highest BCUT2D eigenvalue weighted by atomic mass is 32.2. The Morgan fingerprint density at radius 2 is 1.89 bits per heavy atom. The average Bonchev–Trinajstić information content (AvgIpc) is 3.19. The molecule has 13 heteroatoms. The Morgan fingerprint density at radius 3 is 2.54 bits per heavy atom. The lowest BCUT2D eigenvalue weighted by Gasteiger charge is -2.33. The van der Waals surface area contributed by atoms with Gasteiger partial charge in [0, 0.05) is 33.3 Å². The van der Waals surface area contributed by atoms with Gasteiger partial charge in [-0.2, -0.15) is 9.40 Å². The zero-order chi connectivity index (χ0) is 25.2. The first kappa shape index (κ1) is 25.2. The van der Waals surface area contributed by atoms with Crippen molar-refractivity contribution in [3.8, 4) is 17.3 Å². The van der Waals surface area contributed by atoms with Gasteiger partial charge in [-0.3, -0.25) is 9.48 Å². The molecule has 190 valence electrons. The molecule has 4 rings (SSSR count). The fourth-order valence-electron chi connectivity index (χ4n) is 4.08. The van der Waals surface area contributed by atoms with Gasteiger partial charge in [0.1, 0.15) is 16.2 Å². The highest BCUT2D eigenvalue weighted by Crippen LogP contribution is 2.30. The molecule has 12 nitrogen and oxygen atoms in total. The van der Waals surface area contributed by atoms with Gasteiger partial charge in [0.15, 0.2) is 5.52 Å². The largest absolute Gasteiger partial charge is 0.477 e. The van der Waals surface area contributed by atoms with Gasteiger partial charge in [0.2, 0.25) is 15.9 Å². The second-order valence-corrected chi connectivity index (χ2v) is 10.1. The van der Waals surface area contributed by atoms with Gasteiger partial charge in [-0.25, -0.2) is 18.4 Å². The van der Waals surface area contributed by atoms with Gasteiger partial charge in [-0.1, -0.05) is 6.92 Å². The summed E-state index contributed by atoms with van der Waals surface area (Å²) in [5, 5.41) is 4.35. The molecule has 0 aliphatic carbocycles. The number of aromatic amines is 1. The van der Waals surface area contributed by atoms with Crippen LogP contribution in [-0.2, 0) is 21.3 Å². The predicted molar refractivity (Wildman–Crippen MR) is 130 cm³/mol. The van der Waals surface area contributed by atoms with E-state index in [4.69, 9.17) is 9.47 Å². The first-order valence-corrected chi connectivity index (χ1v) is 13.1. The van der Waals surface area contributed by atoms with E-state index < -0.39 is 15.6 Å². The third-order valence-electron chi connectivity index (χ3n) is 6.13. The van der Waals surface area contributed by atoms with E-state index in [-0.39, 0.29) is 22.1 Å². The average molecular weight is 506 g/mol. The maximum absolute atomic E-state index is 13.4. The minimum absolute atomic E-state index is 0.0242. The highest BCUT2D eigenvalue weighted by molar-refractivity contribution is 7.89. The van der Waals surface area contributed by atoms with Gasteiger partial charge < -0.3 is 19.4 Å². The molecule has 0 spiro atoms. The Hall–Kier alpha value is -2.87. The summed E-state index contributed by atoms with van der Waals surface area (Å²) < 4.78 is 40.7. The van der Waals surface area contributed by atoms with Gasteiger partial charge >= 0.3 is 0 Å². The third-order valence-corrected chi connectivity index (χ3v) is 8.00. The van der Waals surface area contributed by atoms with Crippen LogP contribution in [0.1, 0.15) is 19.5 Å². The van der Waals surface area contributed by atoms with Crippen LogP contribution in [0.3, 0.4) is 0 Å². The number of aryl methyl sites for hydroxylation is 1. The molecule has 0 radical (unpaired) electrons. The summed E-state index contributed by atoms with van der Waals surface area (Å²) >= 11 is 0. The molecule has 0 saturated carbocycles. The topological polar surface area (TPSA) is 136 Å². The zero-order valence-corrected chi connectivity index (χ0v) is 21.3. The third kappa shape index (κ3) is 4.94. The van der Waals surface area contributed by atoms with Crippen LogP contribution in [0.2, 0.25) is 0 Å². The number of methoxy groups -OCH3 is 1. The van der Waals surface area contributed by atoms with Crippen molar-refractivity contribution < 1.29 is 17.9 Å². The van der Waals surface area contributed by atoms with Crippen molar-refractivity contribution in [1.29, 1.82) is 0 Å². The number of ether oxygens (including phenoxy) is 2. The number of fused-ring (bicyclic) bond motifs is 1. The molecule has 0 amide bonds. The smallest absolute Gasteiger partial charge is 0.279 e. The Balaban J connectivity index is 1.78. The summed E-state index contributed by atoms with van der Waals surface area (Å²) in [4.78, 5) is 26.7. The summed E-state index contributed by atoms with van der Waals surface area (Å²) in [5.74, 6) is 0.356. The maximum atomic E-state index is 13.4. The molecule has 0 bridgehead atoms. The van der Waals surface area contributed by atoms with Crippen LogP contribution in [0.15, 0.2) is 22.0 Å². The molecule has 35 heavy (non-hydrogen) atoms. The highest BCUT2D eigenvalue weighted by Gasteiger charge is 2.30. The van der Waals surface area contributed by atoms with E-state index in [1.165, 1.54) is 16.6 Å². The van der Waals surface area contributed by atoms with Gasteiger partial charge in [-0.15, -0.1) is 0 Å². The molecule has 1 fully saturated rings. The van der Waals surface area contributed by atoms with Crippen LogP contribution in [0.4, 0.5) is 0 Å². The van der Waals surface area contributed by atoms with E-state index in [0.717, 1.165) is 6.54 Å². The number of nitrogens with zero attached hydrogens (tertiary/aromatic N) is 6. The van der Waals surface area contributed by atoms with Crippen LogP contribution in [0.25, 0.3) is 22.4 Å². The maximum Gasteiger partial charge on any atom is 0.279 e. The summed E-state index contributed by atoms with van der Waals surface area (Å²) in [6.45, 7) is 9.92. The predicted octanol–water partition coefficient (Wildman–Crippen LogP) is 0.861. The fourth-order valence-corrected chi connectivity index (χ4v) is 5.48. The van der Waals surface area contributed by atoms with Gasteiger partial charge in [0.05, 0.1) is 37.2 Å². The lowest BCUT2D eigenvalue weighted by Crippen LogP contribution is -2.48. The molecule has 1 saturated heterocycles. The van der Waals surface area contributed by atoms with Crippen molar-refractivity contribution in [1.82, 2.24) is 33.9 Å². The molecule has 3 aromatic heterocycles. The number of nitrogens with one attached hydrogen (secondary N) is 1. The standard InChI is InChI=1S/C22H31N7O5S/c1-5-27-7-9-28(10-8-27)35(31,32)16-13-17(22(23-14-16)34-6-2)20-24-18-15(3)29(11-12-33-4)26-19(18)21(30)25-20/h13-14H,5-12H2,1-4H3,(H,24,25,30). The van der Waals surface area contributed by atoms with Gasteiger partial charge in [0.25, 0.3) is 5.56 Å². The fraction of sp³-hybridized carbons (Fsp3) is 0.545. The minimum atomic E-state index is -3.78. The van der Waals surface area contributed by atoms with E-state index in [2.05, 4.69) is 31.9 Å².